The highest BCUT2D eigenvalue weighted by molar-refractivity contribution is 6.06. The second kappa shape index (κ2) is 16.2. The molecule has 5 aliphatic rings. The van der Waals surface area contributed by atoms with Gasteiger partial charge in [0.1, 0.15) is 36.0 Å². The van der Waals surface area contributed by atoms with Crippen molar-refractivity contribution in [1.29, 1.82) is 0 Å². The highest BCUT2D eigenvalue weighted by Crippen LogP contribution is 2.53. The lowest BCUT2D eigenvalue weighted by molar-refractivity contribution is 0.0214. The lowest BCUT2D eigenvalue weighted by Crippen LogP contribution is -2.50. The van der Waals surface area contributed by atoms with Crippen LogP contribution in [0, 0.1) is 24.6 Å². The molecule has 1 saturated carbocycles. The van der Waals surface area contributed by atoms with Gasteiger partial charge in [0.2, 0.25) is 0 Å². The quantitative estimate of drug-likeness (QED) is 0.130. The molecule has 1 amide bonds. The summed E-state index contributed by atoms with van der Waals surface area (Å²) in [4.78, 5) is 27.6. The summed E-state index contributed by atoms with van der Waals surface area (Å²) in [5, 5.41) is 20.3. The Balaban J connectivity index is 1.13. The van der Waals surface area contributed by atoms with Gasteiger partial charge in [-0.05, 0) is 101 Å². The number of nitrogens with zero attached hydrogens (tertiary/aromatic N) is 8. The van der Waals surface area contributed by atoms with Gasteiger partial charge in [-0.2, -0.15) is 20.2 Å². The average molecular weight is 836 g/mol. The van der Waals surface area contributed by atoms with Gasteiger partial charge in [0, 0.05) is 54.1 Å². The standard InChI is InChI=1S/C46H58FN9O5/c1-25(2)27(4)56-23-38(52-53-56)30-11-9-28(10-12-30)24-60-42-40(39-26(3)36(47)19-37-35(39)20-48-51-37)33(29-13-14-29)18-34-41(42)49-44(59-16-15-58-8)50-43(34)54-21-32-17-31(54)22-55(32)45(57)61-46(5,6)7/h9-11,18-20,25,27,29-32,38H,12-17,21-24H2,1-8H3,(H,48,51). The maximum atomic E-state index is 16.0. The molecule has 2 bridgehead atoms. The minimum Gasteiger partial charge on any atom is -0.486 e. The van der Waals surface area contributed by atoms with Crippen LogP contribution in [0.25, 0.3) is 32.9 Å². The number of methoxy groups -OCH3 is 1. The Hall–Kier alpha value is -5.31. The molecule has 15 heteroatoms. The minimum absolute atomic E-state index is 0.0115. The van der Waals surface area contributed by atoms with Gasteiger partial charge in [0.05, 0.1) is 43.0 Å². The third kappa shape index (κ3) is 8.01. The molecule has 1 N–H and O–H groups in total. The maximum absolute atomic E-state index is 16.0. The number of likely N-dealkylation sites (tertiary alicyclic amines) is 1. The molecule has 14 nitrogen and oxygen atoms in total. The van der Waals surface area contributed by atoms with Gasteiger partial charge in [0.25, 0.3) is 0 Å². The van der Waals surface area contributed by atoms with Crippen LogP contribution in [-0.4, -0.2) is 113 Å². The van der Waals surface area contributed by atoms with Gasteiger partial charge in [-0.3, -0.25) is 10.1 Å². The zero-order valence-electron chi connectivity index (χ0n) is 36.6. The SMILES string of the molecule is COCCOc1nc(N2CC3CC2CN3C(=O)OC(C)(C)C)c2cc(C3CC3)c(-c3c(C)c(F)cc4[nH]ncc34)c(OCC3=CCC(C4CN(C(C)C(C)C)N=N4)C=C3)c2n1. The number of ether oxygens (including phenoxy) is 4. The Morgan fingerprint density at radius 2 is 1.84 bits per heavy atom. The Labute approximate surface area is 356 Å². The van der Waals surface area contributed by atoms with Crippen LogP contribution in [0.15, 0.2) is 52.5 Å². The van der Waals surface area contributed by atoms with E-state index in [1.807, 2.05) is 32.6 Å². The lowest BCUT2D eigenvalue weighted by atomic mass is 9.88. The van der Waals surface area contributed by atoms with Crippen molar-refractivity contribution in [2.75, 3.05) is 51.5 Å². The van der Waals surface area contributed by atoms with Gasteiger partial charge in [-0.15, -0.1) is 0 Å². The first-order chi connectivity index (χ1) is 29.3. The third-order valence-electron chi connectivity index (χ3n) is 13.0. The van der Waals surface area contributed by atoms with Crippen molar-refractivity contribution >= 4 is 33.7 Å². The number of aromatic nitrogens is 4. The molecule has 5 atom stereocenters. The molecule has 2 aromatic carbocycles. The summed E-state index contributed by atoms with van der Waals surface area (Å²) < 4.78 is 40.4. The molecule has 3 aliphatic heterocycles. The van der Waals surface area contributed by atoms with E-state index in [4.69, 9.17) is 28.9 Å². The molecule has 5 unspecified atom stereocenters. The summed E-state index contributed by atoms with van der Waals surface area (Å²) in [6.07, 6.45) is 11.7. The minimum atomic E-state index is -0.591. The number of aromatic amines is 1. The van der Waals surface area contributed by atoms with Crippen LogP contribution in [0.4, 0.5) is 15.0 Å². The van der Waals surface area contributed by atoms with Crippen LogP contribution in [0.5, 0.6) is 11.8 Å². The van der Waals surface area contributed by atoms with Crippen LogP contribution >= 0.6 is 0 Å². The molecular formula is C46H58FN9O5. The molecule has 324 valence electrons. The topological polar surface area (TPSA) is 143 Å². The number of amides is 1. The smallest absolute Gasteiger partial charge is 0.410 e. The largest absolute Gasteiger partial charge is 0.486 e. The third-order valence-corrected chi connectivity index (χ3v) is 13.0. The Morgan fingerprint density at radius 3 is 2.52 bits per heavy atom. The van der Waals surface area contributed by atoms with Crippen LogP contribution in [0.2, 0.25) is 0 Å². The first kappa shape index (κ1) is 41.1. The van der Waals surface area contributed by atoms with E-state index >= 15 is 4.39 Å². The number of carbonyl (C=O) groups excluding carboxylic acids is 1. The number of halogens is 1. The van der Waals surface area contributed by atoms with Crippen LogP contribution in [0.1, 0.15) is 84.3 Å². The molecular weight excluding hydrogens is 778 g/mol. The number of fused-ring (bicyclic) bond motifs is 4. The van der Waals surface area contributed by atoms with Crippen LogP contribution in [-0.2, 0) is 9.47 Å². The van der Waals surface area contributed by atoms with E-state index < -0.39 is 5.60 Å². The van der Waals surface area contributed by atoms with Gasteiger partial charge in [-0.25, -0.2) is 9.18 Å². The molecule has 0 radical (unpaired) electrons. The van der Waals surface area contributed by atoms with Crippen LogP contribution < -0.4 is 14.4 Å². The molecule has 3 fully saturated rings. The number of carbonyl (C=O) groups is 1. The highest BCUT2D eigenvalue weighted by Gasteiger charge is 2.48. The van der Waals surface area contributed by atoms with E-state index in [-0.39, 0.29) is 61.1 Å². The van der Waals surface area contributed by atoms with Crippen molar-refractivity contribution in [1.82, 2.24) is 30.1 Å². The summed E-state index contributed by atoms with van der Waals surface area (Å²) in [6.45, 7) is 16.9. The summed E-state index contributed by atoms with van der Waals surface area (Å²) in [5.41, 5.74) is 4.75. The van der Waals surface area contributed by atoms with Gasteiger partial charge in [0.15, 0.2) is 5.75 Å². The Kier molecular flexibility index (Phi) is 10.9. The van der Waals surface area contributed by atoms with E-state index in [2.05, 4.69) is 75.5 Å². The van der Waals surface area contributed by atoms with E-state index in [0.717, 1.165) is 71.1 Å². The summed E-state index contributed by atoms with van der Waals surface area (Å²) in [6, 6.07) is 4.29. The fourth-order valence-corrected chi connectivity index (χ4v) is 9.23. The number of hydrogen-bond acceptors (Lipinski definition) is 12. The average Bonchev–Trinajstić information content (AvgIpc) is 3.56. The lowest BCUT2D eigenvalue weighted by Gasteiger charge is -2.36. The van der Waals surface area contributed by atoms with E-state index in [1.165, 1.54) is 6.07 Å². The van der Waals surface area contributed by atoms with Crippen molar-refractivity contribution in [3.05, 3.63) is 59.1 Å². The molecule has 2 aromatic heterocycles. The molecule has 2 saturated heterocycles. The molecule has 9 rings (SSSR count). The fourth-order valence-electron chi connectivity index (χ4n) is 9.23. The van der Waals surface area contributed by atoms with E-state index in [1.54, 1.807) is 13.3 Å². The first-order valence-corrected chi connectivity index (χ1v) is 21.8. The van der Waals surface area contributed by atoms with Crippen molar-refractivity contribution in [3.8, 4) is 22.9 Å². The number of anilines is 1. The number of allylic oxidation sites excluding steroid dienone is 1. The number of benzene rings is 2. The van der Waals surface area contributed by atoms with Crippen molar-refractivity contribution in [2.24, 2.45) is 22.2 Å². The highest BCUT2D eigenvalue weighted by atomic mass is 19.1. The maximum Gasteiger partial charge on any atom is 0.410 e. The number of nitrogens with one attached hydrogen (secondary N) is 1. The first-order valence-electron chi connectivity index (χ1n) is 21.8. The monoisotopic (exact) mass is 835 g/mol. The van der Waals surface area contributed by atoms with Crippen LogP contribution in [0.3, 0.4) is 0 Å². The zero-order valence-corrected chi connectivity index (χ0v) is 36.6. The summed E-state index contributed by atoms with van der Waals surface area (Å²) >= 11 is 0. The second-order valence-electron chi connectivity index (χ2n) is 18.7. The summed E-state index contributed by atoms with van der Waals surface area (Å²) in [7, 11) is 1.62. The molecule has 2 aliphatic carbocycles. The van der Waals surface area contributed by atoms with Gasteiger partial charge >= 0.3 is 12.1 Å². The number of H-pyrrole nitrogens is 1. The molecule has 4 aromatic rings. The van der Waals surface area contributed by atoms with Gasteiger partial charge in [-0.1, -0.05) is 37.3 Å². The van der Waals surface area contributed by atoms with E-state index in [9.17, 15) is 4.79 Å². The molecule has 0 spiro atoms. The normalized spacial score (nSPS) is 22.9. The molecule has 61 heavy (non-hydrogen) atoms. The number of rotatable bonds is 13. The summed E-state index contributed by atoms with van der Waals surface area (Å²) in [5.74, 6) is 1.90. The second-order valence-corrected chi connectivity index (χ2v) is 18.7. The number of hydrogen-bond donors (Lipinski definition) is 1. The zero-order chi connectivity index (χ0) is 42.7. The predicted octanol–water partition coefficient (Wildman–Crippen LogP) is 8.70. The predicted molar refractivity (Wildman–Crippen MR) is 232 cm³/mol. The van der Waals surface area contributed by atoms with E-state index in [0.29, 0.717) is 54.0 Å². The number of piperazine rings is 1. The fraction of sp³-hybridized carbons (Fsp3) is 0.565. The van der Waals surface area contributed by atoms with Crippen molar-refractivity contribution in [3.63, 3.8) is 0 Å². The van der Waals surface area contributed by atoms with Gasteiger partial charge < -0.3 is 28.7 Å². The Morgan fingerprint density at radius 1 is 1.02 bits per heavy atom. The molecule has 5 heterocycles. The van der Waals surface area contributed by atoms with Crippen molar-refractivity contribution < 1.29 is 28.1 Å². The Bertz CT molecular complexity index is 2420. The van der Waals surface area contributed by atoms with Crippen molar-refractivity contribution in [2.45, 2.75) is 110 Å².